The minimum Gasteiger partial charge on any atom is -0.495 e. The lowest BCUT2D eigenvalue weighted by Gasteiger charge is -2.11. The second kappa shape index (κ2) is 7.43. The summed E-state index contributed by atoms with van der Waals surface area (Å²) in [6.45, 7) is 2.16. The molecule has 0 heterocycles. The van der Waals surface area contributed by atoms with Crippen LogP contribution in [0.25, 0.3) is 0 Å². The van der Waals surface area contributed by atoms with Crippen LogP contribution in [0.1, 0.15) is 12.5 Å². The standard InChI is InChI=1S/C16H15ClN2O4S/c1-3-23-15-7-5-13(8-11(15)10-18)24(20,21)19-12-4-6-16(22-2)14(17)9-12/h4-9,19H,3H2,1-2H3. The molecule has 0 bridgehead atoms. The summed E-state index contributed by atoms with van der Waals surface area (Å²) in [6.07, 6.45) is 0. The summed E-state index contributed by atoms with van der Waals surface area (Å²) in [4.78, 5) is -0.0468. The van der Waals surface area contributed by atoms with Crippen molar-refractivity contribution < 1.29 is 17.9 Å². The summed E-state index contributed by atoms with van der Waals surface area (Å²) < 4.78 is 37.7. The van der Waals surface area contributed by atoms with E-state index < -0.39 is 10.0 Å². The number of nitrogens with zero attached hydrogens (tertiary/aromatic N) is 1. The van der Waals surface area contributed by atoms with Crippen molar-refractivity contribution in [1.82, 2.24) is 0 Å². The van der Waals surface area contributed by atoms with E-state index in [2.05, 4.69) is 4.72 Å². The topological polar surface area (TPSA) is 88.4 Å². The van der Waals surface area contributed by atoms with Gasteiger partial charge in [-0.05, 0) is 43.3 Å². The molecule has 0 atom stereocenters. The average Bonchev–Trinajstić information content (AvgIpc) is 2.55. The normalized spacial score (nSPS) is 10.8. The monoisotopic (exact) mass is 366 g/mol. The fourth-order valence-corrected chi connectivity index (χ4v) is 3.32. The van der Waals surface area contributed by atoms with E-state index in [0.717, 1.165) is 0 Å². The van der Waals surface area contributed by atoms with Gasteiger partial charge in [0.2, 0.25) is 0 Å². The summed E-state index contributed by atoms with van der Waals surface area (Å²) in [5.74, 6) is 0.777. The molecule has 126 valence electrons. The Kier molecular flexibility index (Phi) is 5.54. The van der Waals surface area contributed by atoms with Gasteiger partial charge in [-0.3, -0.25) is 4.72 Å². The van der Waals surface area contributed by atoms with Gasteiger partial charge in [-0.1, -0.05) is 11.6 Å². The Balaban J connectivity index is 2.34. The van der Waals surface area contributed by atoms with Crippen LogP contribution in [0, 0.1) is 11.3 Å². The fraction of sp³-hybridized carbons (Fsp3) is 0.188. The maximum atomic E-state index is 12.5. The van der Waals surface area contributed by atoms with E-state index in [4.69, 9.17) is 26.3 Å². The summed E-state index contributed by atoms with van der Waals surface area (Å²) in [5.41, 5.74) is 0.431. The molecule has 0 radical (unpaired) electrons. The summed E-state index contributed by atoms with van der Waals surface area (Å²) >= 11 is 5.99. The number of sulfonamides is 1. The second-order valence-corrected chi connectivity index (χ2v) is 6.75. The van der Waals surface area contributed by atoms with Gasteiger partial charge in [-0.2, -0.15) is 5.26 Å². The van der Waals surface area contributed by atoms with Crippen LogP contribution in [0.3, 0.4) is 0 Å². The minimum absolute atomic E-state index is 0.0468. The molecule has 2 aromatic carbocycles. The number of anilines is 1. The van der Waals surface area contributed by atoms with Crippen LogP contribution in [0.15, 0.2) is 41.3 Å². The van der Waals surface area contributed by atoms with E-state index in [-0.39, 0.29) is 21.2 Å². The van der Waals surface area contributed by atoms with Gasteiger partial charge in [0.15, 0.2) is 0 Å². The van der Waals surface area contributed by atoms with Crippen molar-refractivity contribution in [1.29, 1.82) is 5.26 Å². The zero-order chi connectivity index (χ0) is 17.7. The molecule has 0 saturated heterocycles. The van der Waals surface area contributed by atoms with Crippen molar-refractivity contribution in [2.75, 3.05) is 18.4 Å². The molecule has 0 aliphatic heterocycles. The average molecular weight is 367 g/mol. The minimum atomic E-state index is -3.87. The summed E-state index contributed by atoms with van der Waals surface area (Å²) in [6, 6.07) is 10.5. The Bertz CT molecular complexity index is 891. The van der Waals surface area contributed by atoms with Gasteiger partial charge in [-0.15, -0.1) is 0 Å². The van der Waals surface area contributed by atoms with Crippen LogP contribution in [-0.2, 0) is 10.0 Å². The van der Waals surface area contributed by atoms with Crippen molar-refractivity contribution in [3.05, 3.63) is 47.0 Å². The zero-order valence-corrected chi connectivity index (χ0v) is 14.6. The predicted molar refractivity (Wildman–Crippen MR) is 91.1 cm³/mol. The summed E-state index contributed by atoms with van der Waals surface area (Å²) in [5, 5.41) is 9.42. The van der Waals surface area contributed by atoms with Crippen LogP contribution in [-0.4, -0.2) is 22.1 Å². The van der Waals surface area contributed by atoms with Crippen molar-refractivity contribution in [2.45, 2.75) is 11.8 Å². The highest BCUT2D eigenvalue weighted by molar-refractivity contribution is 7.92. The fourth-order valence-electron chi connectivity index (χ4n) is 1.99. The molecule has 0 spiro atoms. The maximum Gasteiger partial charge on any atom is 0.261 e. The highest BCUT2D eigenvalue weighted by Gasteiger charge is 2.17. The van der Waals surface area contributed by atoms with Crippen LogP contribution in [0.4, 0.5) is 5.69 Å². The molecule has 2 aromatic rings. The quantitative estimate of drug-likeness (QED) is 0.846. The maximum absolute atomic E-state index is 12.5. The van der Waals surface area contributed by atoms with Crippen molar-refractivity contribution in [2.24, 2.45) is 0 Å². The number of nitrogens with one attached hydrogen (secondary N) is 1. The molecule has 6 nitrogen and oxygen atoms in total. The molecular weight excluding hydrogens is 352 g/mol. The van der Waals surface area contributed by atoms with E-state index in [1.165, 1.54) is 37.4 Å². The van der Waals surface area contributed by atoms with Gasteiger partial charge in [-0.25, -0.2) is 8.42 Å². The van der Waals surface area contributed by atoms with Gasteiger partial charge >= 0.3 is 0 Å². The van der Waals surface area contributed by atoms with Crippen molar-refractivity contribution in [3.8, 4) is 17.6 Å². The smallest absolute Gasteiger partial charge is 0.261 e. The van der Waals surface area contributed by atoms with Gasteiger partial charge in [0.1, 0.15) is 17.6 Å². The molecule has 1 N–H and O–H groups in total. The molecule has 0 amide bonds. The lowest BCUT2D eigenvalue weighted by molar-refractivity contribution is 0.339. The molecule has 0 aromatic heterocycles. The molecule has 24 heavy (non-hydrogen) atoms. The van der Waals surface area contributed by atoms with Gasteiger partial charge in [0, 0.05) is 0 Å². The zero-order valence-electron chi connectivity index (χ0n) is 13.0. The largest absolute Gasteiger partial charge is 0.495 e. The molecular formula is C16H15ClN2O4S. The number of nitriles is 1. The van der Waals surface area contributed by atoms with Gasteiger partial charge in [0.25, 0.3) is 10.0 Å². The Labute approximate surface area is 145 Å². The lowest BCUT2D eigenvalue weighted by atomic mass is 10.2. The Morgan fingerprint density at radius 1 is 1.21 bits per heavy atom. The predicted octanol–water partition coefficient (Wildman–Crippen LogP) is 3.42. The molecule has 8 heteroatoms. The van der Waals surface area contributed by atoms with Gasteiger partial charge in [0.05, 0.1) is 34.9 Å². The van der Waals surface area contributed by atoms with Crippen LogP contribution in [0.2, 0.25) is 5.02 Å². The molecule has 0 saturated carbocycles. The first-order chi connectivity index (χ1) is 11.4. The highest BCUT2D eigenvalue weighted by atomic mass is 35.5. The van der Waals surface area contributed by atoms with Crippen LogP contribution in [0.5, 0.6) is 11.5 Å². The number of methoxy groups -OCH3 is 1. The third kappa shape index (κ3) is 3.91. The third-order valence-electron chi connectivity index (χ3n) is 3.09. The number of hydrogen-bond donors (Lipinski definition) is 1. The van der Waals surface area contributed by atoms with E-state index in [1.54, 1.807) is 13.0 Å². The Morgan fingerprint density at radius 2 is 1.92 bits per heavy atom. The first-order valence-electron chi connectivity index (χ1n) is 6.94. The van der Waals surface area contributed by atoms with E-state index in [0.29, 0.717) is 18.1 Å². The molecule has 2 rings (SSSR count). The van der Waals surface area contributed by atoms with Crippen LogP contribution < -0.4 is 14.2 Å². The molecule has 0 aliphatic carbocycles. The van der Waals surface area contributed by atoms with Gasteiger partial charge < -0.3 is 9.47 Å². The lowest BCUT2D eigenvalue weighted by Crippen LogP contribution is -2.13. The number of rotatable bonds is 6. The van der Waals surface area contributed by atoms with E-state index >= 15 is 0 Å². The van der Waals surface area contributed by atoms with E-state index in [9.17, 15) is 8.42 Å². The number of ether oxygens (including phenoxy) is 2. The first kappa shape index (κ1) is 17.9. The Morgan fingerprint density at radius 3 is 2.50 bits per heavy atom. The SMILES string of the molecule is CCOc1ccc(S(=O)(=O)Nc2ccc(OC)c(Cl)c2)cc1C#N. The third-order valence-corrected chi connectivity index (χ3v) is 4.76. The van der Waals surface area contributed by atoms with E-state index in [1.807, 2.05) is 6.07 Å². The molecule has 0 unspecified atom stereocenters. The second-order valence-electron chi connectivity index (χ2n) is 4.66. The summed E-state index contributed by atoms with van der Waals surface area (Å²) in [7, 11) is -2.40. The number of halogens is 1. The molecule has 0 fully saturated rings. The molecule has 0 aliphatic rings. The highest BCUT2D eigenvalue weighted by Crippen LogP contribution is 2.29. The Hall–Kier alpha value is -2.43. The van der Waals surface area contributed by atoms with Crippen LogP contribution >= 0.6 is 11.6 Å². The number of hydrogen-bond acceptors (Lipinski definition) is 5. The number of benzene rings is 2. The first-order valence-corrected chi connectivity index (χ1v) is 8.80. The van der Waals surface area contributed by atoms with Crippen molar-refractivity contribution >= 4 is 27.3 Å². The van der Waals surface area contributed by atoms with Crippen molar-refractivity contribution in [3.63, 3.8) is 0 Å².